The van der Waals surface area contributed by atoms with Crippen molar-refractivity contribution in [2.45, 2.75) is 26.2 Å². The summed E-state index contributed by atoms with van der Waals surface area (Å²) < 4.78 is 16.1. The van der Waals surface area contributed by atoms with Crippen molar-refractivity contribution in [1.29, 1.82) is 0 Å². The molecule has 0 saturated carbocycles. The van der Waals surface area contributed by atoms with Crippen LogP contribution in [0.3, 0.4) is 0 Å². The Morgan fingerprint density at radius 2 is 1.96 bits per heavy atom. The van der Waals surface area contributed by atoms with Gasteiger partial charge in [-0.3, -0.25) is 0 Å². The molecule has 3 heterocycles. The summed E-state index contributed by atoms with van der Waals surface area (Å²) in [6.07, 6.45) is 8.45. The molecule has 26 heavy (non-hydrogen) atoms. The fraction of sp³-hybridized carbons (Fsp3) is 0.389. The molecule has 0 unspecified atom stereocenters. The summed E-state index contributed by atoms with van der Waals surface area (Å²) in [4.78, 5) is 8.08. The molecule has 1 aromatic carbocycles. The molecule has 1 fully saturated rings. The fourth-order valence-electron chi connectivity index (χ4n) is 2.95. The van der Waals surface area contributed by atoms with Crippen molar-refractivity contribution in [3.8, 4) is 5.69 Å². The number of hydrogen-bond donors (Lipinski definition) is 0. The van der Waals surface area contributed by atoms with Crippen LogP contribution in [0.25, 0.3) is 5.69 Å². The monoisotopic (exact) mass is 373 g/mol. The van der Waals surface area contributed by atoms with Crippen molar-refractivity contribution in [1.82, 2.24) is 24.3 Å². The number of ether oxygens (including phenoxy) is 2. The van der Waals surface area contributed by atoms with E-state index in [1.54, 1.807) is 23.5 Å². The molecule has 0 radical (unpaired) electrons. The normalized spacial score (nSPS) is 18.7. The topological polar surface area (TPSA) is 67.0 Å². The van der Waals surface area contributed by atoms with E-state index >= 15 is 0 Å². The Kier molecular flexibility index (Phi) is 4.30. The summed E-state index contributed by atoms with van der Waals surface area (Å²) in [5, 5.41) is 4.76. The van der Waals surface area contributed by atoms with Crippen molar-refractivity contribution in [2.75, 3.05) is 13.2 Å². The Labute approximate surface area is 156 Å². The van der Waals surface area contributed by atoms with Gasteiger partial charge in [0, 0.05) is 29.1 Å². The van der Waals surface area contributed by atoms with Gasteiger partial charge in [-0.05, 0) is 18.2 Å². The first-order valence-corrected chi connectivity index (χ1v) is 8.74. The Morgan fingerprint density at radius 3 is 2.58 bits per heavy atom. The SMILES string of the molecule is CC1(C)COC(Cn2cncn2)(c2ccc(-n3ccnc3)cc2Cl)OC1. The average molecular weight is 374 g/mol. The van der Waals surface area contributed by atoms with E-state index in [0.29, 0.717) is 24.8 Å². The Hall–Kier alpha value is -2.22. The number of rotatable bonds is 4. The first kappa shape index (κ1) is 17.2. The van der Waals surface area contributed by atoms with Crippen LogP contribution < -0.4 is 0 Å². The molecule has 1 aliphatic rings. The predicted octanol–water partition coefficient (Wildman–Crippen LogP) is 3.04. The van der Waals surface area contributed by atoms with E-state index in [4.69, 9.17) is 21.1 Å². The highest BCUT2D eigenvalue weighted by atomic mass is 35.5. The Bertz CT molecular complexity index is 867. The zero-order valence-electron chi connectivity index (χ0n) is 14.7. The standard InChI is InChI=1S/C18H20ClN5O2/c1-17(2)9-25-18(26-10-17,8-24-13-21-11-22-24)15-4-3-14(7-16(15)19)23-6-5-20-12-23/h3-7,11-13H,8-10H2,1-2H3. The van der Waals surface area contributed by atoms with Gasteiger partial charge in [-0.25, -0.2) is 14.6 Å². The fourth-order valence-corrected chi connectivity index (χ4v) is 3.27. The highest BCUT2D eigenvalue weighted by molar-refractivity contribution is 6.31. The summed E-state index contributed by atoms with van der Waals surface area (Å²) in [7, 11) is 0. The van der Waals surface area contributed by atoms with Crippen molar-refractivity contribution in [3.05, 3.63) is 60.2 Å². The van der Waals surface area contributed by atoms with Crippen LogP contribution in [0.5, 0.6) is 0 Å². The van der Waals surface area contributed by atoms with Crippen LogP contribution in [0.4, 0.5) is 0 Å². The Balaban J connectivity index is 1.72. The van der Waals surface area contributed by atoms with Crippen LogP contribution in [0.15, 0.2) is 49.6 Å². The van der Waals surface area contributed by atoms with Crippen molar-refractivity contribution in [2.24, 2.45) is 5.41 Å². The molecular weight excluding hydrogens is 354 g/mol. The minimum Gasteiger partial charge on any atom is -0.344 e. The van der Waals surface area contributed by atoms with Gasteiger partial charge in [-0.15, -0.1) is 0 Å². The molecule has 3 aromatic rings. The molecule has 7 nitrogen and oxygen atoms in total. The molecule has 2 aromatic heterocycles. The summed E-state index contributed by atoms with van der Waals surface area (Å²) in [5.41, 5.74) is 1.63. The van der Waals surface area contributed by atoms with E-state index in [-0.39, 0.29) is 5.41 Å². The summed E-state index contributed by atoms with van der Waals surface area (Å²) >= 11 is 6.64. The molecule has 8 heteroatoms. The van der Waals surface area contributed by atoms with Gasteiger partial charge in [-0.2, -0.15) is 5.10 Å². The van der Waals surface area contributed by atoms with Crippen LogP contribution in [0, 0.1) is 5.41 Å². The molecule has 0 amide bonds. The summed E-state index contributed by atoms with van der Waals surface area (Å²) in [6.45, 7) is 5.70. The molecule has 4 rings (SSSR count). The van der Waals surface area contributed by atoms with Crippen molar-refractivity contribution >= 4 is 11.6 Å². The van der Waals surface area contributed by atoms with Gasteiger partial charge < -0.3 is 14.0 Å². The van der Waals surface area contributed by atoms with Gasteiger partial charge in [0.25, 0.3) is 0 Å². The number of imidazole rings is 1. The van der Waals surface area contributed by atoms with E-state index in [2.05, 4.69) is 28.9 Å². The highest BCUT2D eigenvalue weighted by Crippen LogP contribution is 2.41. The predicted molar refractivity (Wildman–Crippen MR) is 96.0 cm³/mol. The molecule has 0 atom stereocenters. The van der Waals surface area contributed by atoms with Crippen LogP contribution in [-0.4, -0.2) is 37.5 Å². The van der Waals surface area contributed by atoms with E-state index in [1.165, 1.54) is 6.33 Å². The van der Waals surface area contributed by atoms with Gasteiger partial charge in [0.15, 0.2) is 0 Å². The minimum atomic E-state index is -1.01. The molecule has 0 bridgehead atoms. The van der Waals surface area contributed by atoms with Crippen LogP contribution in [0.2, 0.25) is 5.02 Å². The first-order chi connectivity index (χ1) is 12.5. The van der Waals surface area contributed by atoms with Crippen molar-refractivity contribution < 1.29 is 9.47 Å². The third-order valence-electron chi connectivity index (χ3n) is 4.39. The lowest BCUT2D eigenvalue weighted by Gasteiger charge is -2.43. The molecule has 1 saturated heterocycles. The van der Waals surface area contributed by atoms with E-state index in [0.717, 1.165) is 11.3 Å². The smallest absolute Gasteiger partial charge is 0.216 e. The second-order valence-electron chi connectivity index (χ2n) is 7.22. The van der Waals surface area contributed by atoms with Gasteiger partial charge in [-0.1, -0.05) is 25.4 Å². The van der Waals surface area contributed by atoms with Crippen LogP contribution in [0.1, 0.15) is 19.4 Å². The number of aromatic nitrogens is 5. The van der Waals surface area contributed by atoms with Gasteiger partial charge in [0.1, 0.15) is 19.2 Å². The summed E-state index contributed by atoms with van der Waals surface area (Å²) in [5.74, 6) is -1.01. The lowest BCUT2D eigenvalue weighted by Crippen LogP contribution is -2.48. The third-order valence-corrected chi connectivity index (χ3v) is 4.71. The number of benzene rings is 1. The summed E-state index contributed by atoms with van der Waals surface area (Å²) in [6, 6.07) is 5.79. The zero-order valence-corrected chi connectivity index (χ0v) is 15.4. The van der Waals surface area contributed by atoms with Gasteiger partial charge >= 0.3 is 0 Å². The van der Waals surface area contributed by atoms with E-state index < -0.39 is 5.79 Å². The molecule has 0 aliphatic carbocycles. The van der Waals surface area contributed by atoms with Crippen LogP contribution >= 0.6 is 11.6 Å². The quantitative estimate of drug-likeness (QED) is 0.703. The molecule has 0 spiro atoms. The number of hydrogen-bond acceptors (Lipinski definition) is 5. The zero-order chi connectivity index (χ0) is 18.2. The second-order valence-corrected chi connectivity index (χ2v) is 7.63. The molecule has 1 aliphatic heterocycles. The van der Waals surface area contributed by atoms with Gasteiger partial charge in [0.05, 0.1) is 24.6 Å². The number of nitrogens with zero attached hydrogens (tertiary/aromatic N) is 5. The third kappa shape index (κ3) is 3.25. The Morgan fingerprint density at radius 1 is 1.15 bits per heavy atom. The van der Waals surface area contributed by atoms with Crippen molar-refractivity contribution in [3.63, 3.8) is 0 Å². The maximum absolute atomic E-state index is 6.64. The van der Waals surface area contributed by atoms with E-state index in [9.17, 15) is 0 Å². The maximum atomic E-state index is 6.64. The minimum absolute atomic E-state index is 0.0604. The lowest BCUT2D eigenvalue weighted by molar-refractivity contribution is -0.315. The largest absolute Gasteiger partial charge is 0.344 e. The average Bonchev–Trinajstić information content (AvgIpc) is 3.31. The van der Waals surface area contributed by atoms with Gasteiger partial charge in [0.2, 0.25) is 5.79 Å². The van der Waals surface area contributed by atoms with Crippen LogP contribution in [-0.2, 0) is 21.8 Å². The second kappa shape index (κ2) is 6.50. The molecular formula is C18H20ClN5O2. The highest BCUT2D eigenvalue weighted by Gasteiger charge is 2.44. The lowest BCUT2D eigenvalue weighted by atomic mass is 9.93. The molecule has 0 N–H and O–H groups in total. The molecule has 136 valence electrons. The first-order valence-electron chi connectivity index (χ1n) is 8.36. The maximum Gasteiger partial charge on any atom is 0.216 e. The number of halogens is 1. The van der Waals surface area contributed by atoms with E-state index in [1.807, 2.05) is 29.0 Å².